The summed E-state index contributed by atoms with van der Waals surface area (Å²) in [7, 11) is 2.22. The molecule has 0 amide bonds. The summed E-state index contributed by atoms with van der Waals surface area (Å²) >= 11 is 0. The van der Waals surface area contributed by atoms with Crippen molar-refractivity contribution in [2.75, 3.05) is 26.7 Å². The second-order valence-electron chi connectivity index (χ2n) is 5.23. The predicted molar refractivity (Wildman–Crippen MR) is 62.5 cm³/mol. The molecule has 84 valence electrons. The van der Waals surface area contributed by atoms with Crippen LogP contribution in [-0.4, -0.2) is 37.6 Å². The van der Waals surface area contributed by atoms with Crippen LogP contribution >= 0.6 is 0 Å². The fourth-order valence-corrected chi connectivity index (χ4v) is 1.92. The Morgan fingerprint density at radius 3 is 2.64 bits per heavy atom. The van der Waals surface area contributed by atoms with E-state index in [0.717, 1.165) is 17.9 Å². The van der Waals surface area contributed by atoms with E-state index in [4.69, 9.17) is 0 Å². The van der Waals surface area contributed by atoms with E-state index in [1.807, 2.05) is 0 Å². The lowest BCUT2D eigenvalue weighted by molar-refractivity contribution is 0.218. The van der Waals surface area contributed by atoms with Gasteiger partial charge in [0.15, 0.2) is 0 Å². The van der Waals surface area contributed by atoms with E-state index in [2.05, 4.69) is 38.0 Å². The first-order valence-electron chi connectivity index (χ1n) is 6.01. The number of rotatable bonds is 4. The van der Waals surface area contributed by atoms with Crippen molar-refractivity contribution >= 4 is 0 Å². The highest BCUT2D eigenvalue weighted by molar-refractivity contribution is 4.77. The van der Waals surface area contributed by atoms with Gasteiger partial charge in [-0.2, -0.15) is 0 Å². The average molecular weight is 198 g/mol. The van der Waals surface area contributed by atoms with Crippen LogP contribution in [-0.2, 0) is 0 Å². The zero-order chi connectivity index (χ0) is 10.6. The maximum absolute atomic E-state index is 3.69. The first-order valence-corrected chi connectivity index (χ1v) is 6.01. The molecule has 0 bridgehead atoms. The lowest BCUT2D eigenvalue weighted by Crippen LogP contribution is -2.45. The molecule has 1 heterocycles. The van der Waals surface area contributed by atoms with Gasteiger partial charge in [-0.1, -0.05) is 20.8 Å². The minimum atomic E-state index is 0.731. The van der Waals surface area contributed by atoms with Crippen molar-refractivity contribution in [3.8, 4) is 0 Å². The minimum absolute atomic E-state index is 0.731. The monoisotopic (exact) mass is 198 g/mol. The molecule has 0 saturated carbocycles. The Bertz CT molecular complexity index is 156. The summed E-state index contributed by atoms with van der Waals surface area (Å²) < 4.78 is 0. The fraction of sp³-hybridized carbons (Fsp3) is 1.00. The van der Waals surface area contributed by atoms with Crippen LogP contribution in [0.15, 0.2) is 0 Å². The van der Waals surface area contributed by atoms with Crippen LogP contribution in [0.4, 0.5) is 0 Å². The summed E-state index contributed by atoms with van der Waals surface area (Å²) in [4.78, 5) is 2.43. The Kier molecular flexibility index (Phi) is 4.90. The third-order valence-corrected chi connectivity index (χ3v) is 3.49. The topological polar surface area (TPSA) is 15.3 Å². The Labute approximate surface area is 89.1 Å². The molecule has 0 aliphatic carbocycles. The molecule has 0 radical (unpaired) electrons. The molecular formula is C12H26N2. The molecular weight excluding hydrogens is 172 g/mol. The third kappa shape index (κ3) is 3.97. The van der Waals surface area contributed by atoms with Crippen LogP contribution in [0.2, 0.25) is 0 Å². The van der Waals surface area contributed by atoms with Crippen molar-refractivity contribution in [2.24, 2.45) is 11.8 Å². The maximum Gasteiger partial charge on any atom is 0.0195 e. The van der Waals surface area contributed by atoms with Gasteiger partial charge >= 0.3 is 0 Å². The van der Waals surface area contributed by atoms with Crippen molar-refractivity contribution in [3.63, 3.8) is 0 Å². The summed E-state index contributed by atoms with van der Waals surface area (Å²) in [5, 5.41) is 3.69. The molecule has 0 spiro atoms. The standard InChI is InChI=1S/C12H26N2/c1-10(2)11(3)8-13-12-6-5-7-14(4)9-12/h10-13H,5-9H2,1-4H3. The van der Waals surface area contributed by atoms with Crippen molar-refractivity contribution in [1.29, 1.82) is 0 Å². The van der Waals surface area contributed by atoms with E-state index >= 15 is 0 Å². The highest BCUT2D eigenvalue weighted by atomic mass is 15.1. The van der Waals surface area contributed by atoms with Gasteiger partial charge in [0.2, 0.25) is 0 Å². The van der Waals surface area contributed by atoms with E-state index in [1.54, 1.807) is 0 Å². The Morgan fingerprint density at radius 2 is 2.07 bits per heavy atom. The molecule has 2 unspecified atom stereocenters. The summed E-state index contributed by atoms with van der Waals surface area (Å²) in [6, 6.07) is 0.731. The number of nitrogens with one attached hydrogen (secondary N) is 1. The molecule has 14 heavy (non-hydrogen) atoms. The number of likely N-dealkylation sites (tertiary alicyclic amines) is 1. The highest BCUT2D eigenvalue weighted by Crippen LogP contribution is 2.11. The average Bonchev–Trinajstić information content (AvgIpc) is 2.14. The smallest absolute Gasteiger partial charge is 0.0195 e. The molecule has 0 aromatic rings. The van der Waals surface area contributed by atoms with Gasteiger partial charge in [0.05, 0.1) is 0 Å². The van der Waals surface area contributed by atoms with E-state index in [0.29, 0.717) is 0 Å². The van der Waals surface area contributed by atoms with Gasteiger partial charge in [-0.05, 0) is 44.8 Å². The van der Waals surface area contributed by atoms with Gasteiger partial charge in [0.1, 0.15) is 0 Å². The largest absolute Gasteiger partial charge is 0.312 e. The lowest BCUT2D eigenvalue weighted by atomic mass is 9.97. The normalized spacial score (nSPS) is 26.8. The Hall–Kier alpha value is -0.0800. The predicted octanol–water partition coefficient (Wildman–Crippen LogP) is 1.96. The van der Waals surface area contributed by atoms with Crippen LogP contribution in [0.5, 0.6) is 0 Å². The van der Waals surface area contributed by atoms with E-state index < -0.39 is 0 Å². The molecule has 0 aromatic carbocycles. The van der Waals surface area contributed by atoms with Crippen LogP contribution in [0.1, 0.15) is 33.6 Å². The van der Waals surface area contributed by atoms with Gasteiger partial charge in [-0.15, -0.1) is 0 Å². The van der Waals surface area contributed by atoms with Crippen molar-refractivity contribution in [1.82, 2.24) is 10.2 Å². The van der Waals surface area contributed by atoms with Crippen molar-refractivity contribution in [3.05, 3.63) is 0 Å². The van der Waals surface area contributed by atoms with Gasteiger partial charge in [0.25, 0.3) is 0 Å². The second kappa shape index (κ2) is 5.72. The first kappa shape index (κ1) is 12.0. The zero-order valence-electron chi connectivity index (χ0n) is 10.2. The van der Waals surface area contributed by atoms with Gasteiger partial charge in [-0.25, -0.2) is 0 Å². The van der Waals surface area contributed by atoms with Crippen LogP contribution < -0.4 is 5.32 Å². The fourth-order valence-electron chi connectivity index (χ4n) is 1.92. The number of nitrogens with zero attached hydrogens (tertiary/aromatic N) is 1. The number of likely N-dealkylation sites (N-methyl/N-ethyl adjacent to an activating group) is 1. The first-order chi connectivity index (χ1) is 6.59. The molecule has 1 rings (SSSR count). The summed E-state index contributed by atoms with van der Waals surface area (Å²) in [5.74, 6) is 1.59. The minimum Gasteiger partial charge on any atom is -0.312 e. The van der Waals surface area contributed by atoms with E-state index in [9.17, 15) is 0 Å². The molecule has 2 nitrogen and oxygen atoms in total. The van der Waals surface area contributed by atoms with Crippen LogP contribution in [0.3, 0.4) is 0 Å². The number of piperidine rings is 1. The number of hydrogen-bond donors (Lipinski definition) is 1. The molecule has 2 atom stereocenters. The molecule has 0 aromatic heterocycles. The van der Waals surface area contributed by atoms with Crippen LogP contribution in [0, 0.1) is 11.8 Å². The molecule has 1 saturated heterocycles. The van der Waals surface area contributed by atoms with E-state index in [-0.39, 0.29) is 0 Å². The highest BCUT2D eigenvalue weighted by Gasteiger charge is 2.17. The van der Waals surface area contributed by atoms with Gasteiger partial charge in [0, 0.05) is 12.6 Å². The van der Waals surface area contributed by atoms with E-state index in [1.165, 1.54) is 32.5 Å². The Morgan fingerprint density at radius 1 is 1.36 bits per heavy atom. The SMILES string of the molecule is CC(C)C(C)CNC1CCCN(C)C1. The summed E-state index contributed by atoms with van der Waals surface area (Å²) in [5.41, 5.74) is 0. The van der Waals surface area contributed by atoms with Crippen molar-refractivity contribution in [2.45, 2.75) is 39.7 Å². The van der Waals surface area contributed by atoms with Gasteiger partial charge < -0.3 is 10.2 Å². The van der Waals surface area contributed by atoms with Gasteiger partial charge in [-0.3, -0.25) is 0 Å². The zero-order valence-corrected chi connectivity index (χ0v) is 10.2. The maximum atomic E-state index is 3.69. The lowest BCUT2D eigenvalue weighted by Gasteiger charge is -2.31. The quantitative estimate of drug-likeness (QED) is 0.743. The molecule has 1 fully saturated rings. The molecule has 1 aliphatic heterocycles. The molecule has 1 N–H and O–H groups in total. The summed E-state index contributed by atoms with van der Waals surface area (Å²) in [6.07, 6.45) is 2.71. The third-order valence-electron chi connectivity index (χ3n) is 3.49. The second-order valence-corrected chi connectivity index (χ2v) is 5.23. The Balaban J connectivity index is 2.17. The summed E-state index contributed by atoms with van der Waals surface area (Å²) in [6.45, 7) is 10.6. The van der Waals surface area contributed by atoms with Crippen LogP contribution in [0.25, 0.3) is 0 Å². The van der Waals surface area contributed by atoms with Crippen molar-refractivity contribution < 1.29 is 0 Å². The number of hydrogen-bond acceptors (Lipinski definition) is 2. The molecule has 1 aliphatic rings. The molecule has 2 heteroatoms.